The largest absolute Gasteiger partial charge is 0.276 e. The average Bonchev–Trinajstić information content (AvgIpc) is 2.57. The Morgan fingerprint density at radius 2 is 1.05 bits per heavy atom. The molecule has 1 nitrogen and oxygen atoms in total. The topological polar surface area (TPSA) is 17.1 Å². The van der Waals surface area contributed by atoms with Gasteiger partial charge >= 0.3 is 0 Å². The minimum absolute atomic E-state index is 0.413. The fourth-order valence-corrected chi connectivity index (χ4v) is 5.75. The summed E-state index contributed by atoms with van der Waals surface area (Å²) in [6, 6.07) is 28.8. The monoisotopic (exact) mass is 322 g/mol. The van der Waals surface area contributed by atoms with E-state index in [9.17, 15) is 4.79 Å². The Balaban J connectivity index is 2.08. The summed E-state index contributed by atoms with van der Waals surface area (Å²) < 4.78 is 0. The highest BCUT2D eigenvalue weighted by Gasteiger charge is 2.18. The molecule has 0 saturated heterocycles. The Hall–Kier alpha value is -2.16. The lowest BCUT2D eigenvalue weighted by Crippen LogP contribution is -2.51. The molecule has 0 fully saturated rings. The molecule has 0 bridgehead atoms. The van der Waals surface area contributed by atoms with Crippen molar-refractivity contribution >= 4 is 41.2 Å². The Morgan fingerprint density at radius 3 is 1.45 bits per heavy atom. The fraction of sp³-hybridized carbons (Fsp3) is 0. The van der Waals surface area contributed by atoms with Crippen LogP contribution in [0.5, 0.6) is 0 Å². The lowest BCUT2D eigenvalue weighted by atomic mass is 10.2. The van der Waals surface area contributed by atoms with Gasteiger partial charge in [-0.25, -0.2) is 0 Å². The fourth-order valence-electron chi connectivity index (χ4n) is 2.67. The Morgan fingerprint density at radius 1 is 0.636 bits per heavy atom. The SMILES string of the molecule is O=C(Cl)c1ccc([SiH](c2ccccc2)c2ccccc2)cc1. The van der Waals surface area contributed by atoms with Crippen molar-refractivity contribution in [3.05, 3.63) is 90.5 Å². The first-order chi connectivity index (χ1) is 10.8. The molecule has 0 spiro atoms. The molecule has 0 atom stereocenters. The number of carbonyl (C=O) groups excluding carboxylic acids is 1. The molecule has 0 radical (unpaired) electrons. The third kappa shape index (κ3) is 3.19. The molecule has 22 heavy (non-hydrogen) atoms. The molecular weight excluding hydrogens is 308 g/mol. The highest BCUT2D eigenvalue weighted by Crippen LogP contribution is 2.03. The van der Waals surface area contributed by atoms with Gasteiger partial charge in [0.25, 0.3) is 5.24 Å². The molecule has 3 aromatic carbocycles. The normalized spacial score (nSPS) is 10.6. The van der Waals surface area contributed by atoms with Crippen LogP contribution in [0.15, 0.2) is 84.9 Å². The molecule has 3 rings (SSSR count). The van der Waals surface area contributed by atoms with Crippen molar-refractivity contribution in [2.24, 2.45) is 0 Å². The van der Waals surface area contributed by atoms with E-state index in [4.69, 9.17) is 11.6 Å². The first kappa shape index (κ1) is 14.8. The van der Waals surface area contributed by atoms with Crippen LogP contribution in [0, 0.1) is 0 Å². The summed E-state index contributed by atoms with van der Waals surface area (Å²) in [7, 11) is -1.52. The quantitative estimate of drug-likeness (QED) is 0.409. The maximum atomic E-state index is 11.2. The minimum atomic E-state index is -1.52. The number of rotatable bonds is 4. The number of hydrogen-bond donors (Lipinski definition) is 0. The third-order valence-electron chi connectivity index (χ3n) is 3.74. The Kier molecular flexibility index (Phi) is 4.52. The van der Waals surface area contributed by atoms with Gasteiger partial charge in [-0.3, -0.25) is 4.79 Å². The Labute approximate surface area is 136 Å². The van der Waals surface area contributed by atoms with Crippen molar-refractivity contribution in [3.8, 4) is 0 Å². The zero-order valence-electron chi connectivity index (χ0n) is 11.9. The molecule has 108 valence electrons. The van der Waals surface area contributed by atoms with Crippen LogP contribution in [0.2, 0.25) is 0 Å². The minimum Gasteiger partial charge on any atom is -0.276 e. The summed E-state index contributed by atoms with van der Waals surface area (Å²) in [4.78, 5) is 11.2. The summed E-state index contributed by atoms with van der Waals surface area (Å²) in [5.74, 6) is 0. The van der Waals surface area contributed by atoms with Gasteiger partial charge in [-0.1, -0.05) is 100 Å². The number of carbonyl (C=O) groups is 1. The van der Waals surface area contributed by atoms with Crippen LogP contribution in [0.4, 0.5) is 0 Å². The second-order valence-corrected chi connectivity index (χ2v) is 8.36. The molecule has 0 aliphatic heterocycles. The van der Waals surface area contributed by atoms with Gasteiger partial charge in [-0.15, -0.1) is 0 Å². The van der Waals surface area contributed by atoms with Crippen LogP contribution in [0.3, 0.4) is 0 Å². The summed E-state index contributed by atoms with van der Waals surface area (Å²) in [6.07, 6.45) is 0. The van der Waals surface area contributed by atoms with Gasteiger partial charge in [0, 0.05) is 5.56 Å². The molecule has 3 heteroatoms. The van der Waals surface area contributed by atoms with E-state index in [0.29, 0.717) is 5.56 Å². The zero-order chi connectivity index (χ0) is 15.4. The van der Waals surface area contributed by atoms with Gasteiger partial charge < -0.3 is 0 Å². The highest BCUT2D eigenvalue weighted by molar-refractivity contribution is 6.95. The summed E-state index contributed by atoms with van der Waals surface area (Å²) >= 11 is 5.54. The van der Waals surface area contributed by atoms with Gasteiger partial charge in [0.15, 0.2) is 0 Å². The maximum Gasteiger partial charge on any atom is 0.252 e. The molecule has 0 aromatic heterocycles. The standard InChI is InChI=1S/C19H15ClOSi/c20-19(21)15-11-13-18(14-12-15)22(16-7-3-1-4-8-16)17-9-5-2-6-10-17/h1-14,22H. The van der Waals surface area contributed by atoms with Crippen molar-refractivity contribution in [1.29, 1.82) is 0 Å². The van der Waals surface area contributed by atoms with Crippen LogP contribution in [0.1, 0.15) is 10.4 Å². The smallest absolute Gasteiger partial charge is 0.252 e. The second-order valence-electron chi connectivity index (χ2n) is 5.15. The molecule has 0 aliphatic rings. The van der Waals surface area contributed by atoms with Gasteiger partial charge in [-0.05, 0) is 11.6 Å². The van der Waals surface area contributed by atoms with Gasteiger partial charge in [0.05, 0.1) is 0 Å². The van der Waals surface area contributed by atoms with Crippen LogP contribution in [-0.2, 0) is 0 Å². The second kappa shape index (κ2) is 6.73. The maximum absolute atomic E-state index is 11.2. The van der Waals surface area contributed by atoms with E-state index in [1.807, 2.05) is 36.4 Å². The van der Waals surface area contributed by atoms with E-state index in [0.717, 1.165) is 0 Å². The number of hydrogen-bond acceptors (Lipinski definition) is 1. The van der Waals surface area contributed by atoms with E-state index < -0.39 is 14.0 Å². The van der Waals surface area contributed by atoms with Crippen LogP contribution in [-0.4, -0.2) is 14.0 Å². The molecule has 0 saturated carbocycles. The first-order valence-corrected chi connectivity index (χ1v) is 9.26. The van der Waals surface area contributed by atoms with Crippen molar-refractivity contribution in [3.63, 3.8) is 0 Å². The van der Waals surface area contributed by atoms with Crippen LogP contribution in [0.25, 0.3) is 0 Å². The van der Waals surface area contributed by atoms with Crippen molar-refractivity contribution < 1.29 is 4.79 Å². The number of halogens is 1. The molecule has 3 aromatic rings. The molecule has 0 unspecified atom stereocenters. The van der Waals surface area contributed by atoms with E-state index in [1.165, 1.54) is 15.6 Å². The highest BCUT2D eigenvalue weighted by atomic mass is 35.5. The zero-order valence-corrected chi connectivity index (χ0v) is 13.9. The molecule has 0 N–H and O–H groups in total. The molecule has 0 amide bonds. The van der Waals surface area contributed by atoms with Gasteiger partial charge in [0.1, 0.15) is 8.80 Å². The first-order valence-electron chi connectivity index (χ1n) is 7.15. The van der Waals surface area contributed by atoms with E-state index in [-0.39, 0.29) is 0 Å². The summed E-state index contributed by atoms with van der Waals surface area (Å²) in [6.45, 7) is 0. The lowest BCUT2D eigenvalue weighted by molar-refractivity contribution is 0.108. The van der Waals surface area contributed by atoms with E-state index in [2.05, 4.69) is 48.5 Å². The van der Waals surface area contributed by atoms with Crippen molar-refractivity contribution in [2.45, 2.75) is 0 Å². The molecular formula is C19H15ClOSi. The third-order valence-corrected chi connectivity index (χ3v) is 7.11. The van der Waals surface area contributed by atoms with Gasteiger partial charge in [0.2, 0.25) is 0 Å². The van der Waals surface area contributed by atoms with Crippen molar-refractivity contribution in [1.82, 2.24) is 0 Å². The average molecular weight is 323 g/mol. The molecule has 0 aliphatic carbocycles. The molecule has 0 heterocycles. The lowest BCUT2D eigenvalue weighted by Gasteiger charge is -2.17. The van der Waals surface area contributed by atoms with Crippen LogP contribution >= 0.6 is 11.6 Å². The Bertz CT molecular complexity index is 715. The van der Waals surface area contributed by atoms with Crippen LogP contribution < -0.4 is 15.6 Å². The summed E-state index contributed by atoms with van der Waals surface area (Å²) in [5.41, 5.74) is 0.541. The van der Waals surface area contributed by atoms with E-state index in [1.54, 1.807) is 0 Å². The summed E-state index contributed by atoms with van der Waals surface area (Å²) in [5, 5.41) is 3.58. The van der Waals surface area contributed by atoms with E-state index >= 15 is 0 Å². The van der Waals surface area contributed by atoms with Crippen molar-refractivity contribution in [2.75, 3.05) is 0 Å². The predicted molar refractivity (Wildman–Crippen MR) is 95.6 cm³/mol. The van der Waals surface area contributed by atoms with Gasteiger partial charge in [-0.2, -0.15) is 0 Å². The number of benzene rings is 3. The predicted octanol–water partition coefficient (Wildman–Crippen LogP) is 2.31.